The van der Waals surface area contributed by atoms with Crippen molar-refractivity contribution in [3.63, 3.8) is 0 Å². The molecule has 0 atom stereocenters. The summed E-state index contributed by atoms with van der Waals surface area (Å²) in [5.74, 6) is -0.638. The summed E-state index contributed by atoms with van der Waals surface area (Å²) < 4.78 is 51.3. The first kappa shape index (κ1) is 23.0. The number of hydrogen-bond donors (Lipinski definition) is 1. The Morgan fingerprint density at radius 2 is 1.50 bits per heavy atom. The molecule has 1 N–H and O–H groups in total. The topological polar surface area (TPSA) is 101 Å². The Morgan fingerprint density at radius 1 is 0.967 bits per heavy atom. The number of nitrogens with one attached hydrogen (secondary N) is 1. The van der Waals surface area contributed by atoms with Gasteiger partial charge in [0.05, 0.1) is 4.90 Å². The molecule has 0 radical (unpaired) electrons. The van der Waals surface area contributed by atoms with Gasteiger partial charge in [-0.15, -0.1) is 0 Å². The number of hydrogen-bond acceptors (Lipinski definition) is 5. The molecule has 1 saturated heterocycles. The fraction of sp³-hybridized carbons (Fsp3) is 0.316. The minimum absolute atomic E-state index is 0.106. The van der Waals surface area contributed by atoms with E-state index in [0.717, 1.165) is 6.26 Å². The van der Waals surface area contributed by atoms with Crippen molar-refractivity contribution in [2.75, 3.05) is 24.7 Å². The normalized spacial score (nSPS) is 16.4. The monoisotopic (exact) mass is 490 g/mol. The summed E-state index contributed by atoms with van der Waals surface area (Å²) in [4.78, 5) is 12.1. The van der Waals surface area contributed by atoms with Crippen molar-refractivity contribution in [1.29, 1.82) is 0 Å². The second-order valence-corrected chi connectivity index (χ2v) is 11.8. The molecule has 1 aliphatic heterocycles. The number of sulfone groups is 1. The third-order valence-corrected chi connectivity index (χ3v) is 8.50. The molecule has 1 heterocycles. The van der Waals surface area contributed by atoms with Gasteiger partial charge in [-0.05, 0) is 43.2 Å². The number of carbonyl (C=O) groups excluding carboxylic acids is 1. The highest BCUT2D eigenvalue weighted by molar-refractivity contribution is 7.93. The van der Waals surface area contributed by atoms with Crippen molar-refractivity contribution in [3.05, 3.63) is 52.5 Å². The van der Waals surface area contributed by atoms with E-state index in [1.807, 2.05) is 0 Å². The van der Waals surface area contributed by atoms with Crippen molar-refractivity contribution in [2.24, 2.45) is 5.92 Å². The molecule has 1 amide bonds. The van der Waals surface area contributed by atoms with Gasteiger partial charge in [0.15, 0.2) is 9.84 Å². The molecular weight excluding hydrogens is 471 g/mol. The summed E-state index contributed by atoms with van der Waals surface area (Å²) in [6.45, 7) is 0.212. The first-order chi connectivity index (χ1) is 14.0. The molecule has 7 nitrogen and oxygen atoms in total. The first-order valence-electron chi connectivity index (χ1n) is 9.04. The Morgan fingerprint density at radius 3 is 2.03 bits per heavy atom. The van der Waals surface area contributed by atoms with Crippen molar-refractivity contribution < 1.29 is 21.6 Å². The summed E-state index contributed by atoms with van der Waals surface area (Å²) in [6.07, 6.45) is 1.58. The predicted molar refractivity (Wildman–Crippen MR) is 116 cm³/mol. The van der Waals surface area contributed by atoms with E-state index in [4.69, 9.17) is 23.2 Å². The average Bonchev–Trinajstić information content (AvgIpc) is 2.66. The van der Waals surface area contributed by atoms with E-state index in [1.165, 1.54) is 28.6 Å². The number of anilines is 1. The molecule has 0 bridgehead atoms. The minimum atomic E-state index is -4.01. The number of rotatable bonds is 5. The maximum Gasteiger partial charge on any atom is 0.244 e. The molecule has 3 rings (SSSR count). The summed E-state index contributed by atoms with van der Waals surface area (Å²) in [6, 6.07) is 10.2. The minimum Gasteiger partial charge on any atom is -0.326 e. The number of benzene rings is 2. The number of carbonyl (C=O) groups is 1. The molecular formula is C19H20Cl2N2O5S2. The van der Waals surface area contributed by atoms with E-state index in [9.17, 15) is 21.6 Å². The van der Waals surface area contributed by atoms with Crippen LogP contribution in [0.1, 0.15) is 12.8 Å². The third-order valence-electron chi connectivity index (χ3n) is 4.82. The van der Waals surface area contributed by atoms with E-state index in [1.54, 1.807) is 18.2 Å². The van der Waals surface area contributed by atoms with Gasteiger partial charge in [0.25, 0.3) is 0 Å². The van der Waals surface area contributed by atoms with Crippen LogP contribution in [0.4, 0.5) is 5.69 Å². The average molecular weight is 491 g/mol. The van der Waals surface area contributed by atoms with Crippen molar-refractivity contribution in [1.82, 2.24) is 4.31 Å². The quantitative estimate of drug-likeness (QED) is 0.691. The Kier molecular flexibility index (Phi) is 6.78. The second kappa shape index (κ2) is 8.84. The van der Waals surface area contributed by atoms with Gasteiger partial charge in [0, 0.05) is 41.0 Å². The van der Waals surface area contributed by atoms with Gasteiger partial charge < -0.3 is 5.32 Å². The standard InChI is InChI=1S/C19H20Cl2N2O5S2/c1-29(25,26)17-4-2-3-5-18(17)30(27,28)23-8-6-13(7-9-23)19(24)22-16-11-14(20)10-15(21)12-16/h2-5,10-13H,6-9H2,1H3,(H,22,24). The highest BCUT2D eigenvalue weighted by Gasteiger charge is 2.34. The number of nitrogens with zero attached hydrogens (tertiary/aromatic N) is 1. The lowest BCUT2D eigenvalue weighted by Crippen LogP contribution is -2.41. The second-order valence-electron chi connectivity index (χ2n) is 7.04. The smallest absolute Gasteiger partial charge is 0.244 e. The predicted octanol–water partition coefficient (Wildman–Crippen LogP) is 3.44. The number of sulfonamides is 1. The zero-order valence-corrected chi connectivity index (χ0v) is 19.2. The van der Waals surface area contributed by atoms with Crippen molar-refractivity contribution in [2.45, 2.75) is 22.6 Å². The van der Waals surface area contributed by atoms with E-state index < -0.39 is 19.9 Å². The molecule has 30 heavy (non-hydrogen) atoms. The van der Waals surface area contributed by atoms with Crippen LogP contribution in [-0.2, 0) is 24.7 Å². The van der Waals surface area contributed by atoms with Gasteiger partial charge in [0.1, 0.15) is 4.90 Å². The lowest BCUT2D eigenvalue weighted by atomic mass is 9.97. The van der Waals surface area contributed by atoms with Crippen LogP contribution in [0.15, 0.2) is 52.3 Å². The molecule has 11 heteroatoms. The fourth-order valence-electron chi connectivity index (χ4n) is 3.34. The third kappa shape index (κ3) is 5.15. The maximum atomic E-state index is 13.0. The summed E-state index contributed by atoms with van der Waals surface area (Å²) in [5, 5.41) is 3.54. The van der Waals surface area contributed by atoms with Gasteiger partial charge in [-0.3, -0.25) is 4.79 Å². The van der Waals surface area contributed by atoms with Crippen LogP contribution in [-0.4, -0.2) is 46.4 Å². The summed E-state index contributed by atoms with van der Waals surface area (Å²) >= 11 is 11.9. The molecule has 0 spiro atoms. The molecule has 0 aliphatic carbocycles. The molecule has 162 valence electrons. The first-order valence-corrected chi connectivity index (χ1v) is 13.1. The Hall–Kier alpha value is -1.65. The van der Waals surface area contributed by atoms with Crippen LogP contribution in [0.5, 0.6) is 0 Å². The van der Waals surface area contributed by atoms with Crippen LogP contribution in [0.3, 0.4) is 0 Å². The fourth-order valence-corrected chi connectivity index (χ4v) is 6.94. The number of piperidine rings is 1. The van der Waals surface area contributed by atoms with Crippen LogP contribution in [0.25, 0.3) is 0 Å². The van der Waals surface area contributed by atoms with E-state index in [0.29, 0.717) is 28.6 Å². The molecule has 0 saturated carbocycles. The van der Waals surface area contributed by atoms with Gasteiger partial charge in [-0.2, -0.15) is 4.31 Å². The van der Waals surface area contributed by atoms with E-state index in [-0.39, 0.29) is 34.7 Å². The molecule has 0 unspecified atom stereocenters. The van der Waals surface area contributed by atoms with Crippen LogP contribution in [0, 0.1) is 5.92 Å². The maximum absolute atomic E-state index is 13.0. The van der Waals surface area contributed by atoms with Crippen LogP contribution in [0.2, 0.25) is 10.0 Å². The largest absolute Gasteiger partial charge is 0.326 e. The molecule has 1 fully saturated rings. The number of halogens is 2. The SMILES string of the molecule is CS(=O)(=O)c1ccccc1S(=O)(=O)N1CCC(C(=O)Nc2cc(Cl)cc(Cl)c2)CC1. The highest BCUT2D eigenvalue weighted by atomic mass is 35.5. The van der Waals surface area contributed by atoms with Crippen LogP contribution < -0.4 is 5.32 Å². The van der Waals surface area contributed by atoms with Crippen LogP contribution >= 0.6 is 23.2 Å². The summed E-state index contributed by atoms with van der Waals surface area (Å²) in [7, 11) is -7.72. The Balaban J connectivity index is 1.71. The van der Waals surface area contributed by atoms with Gasteiger partial charge in [0.2, 0.25) is 15.9 Å². The van der Waals surface area contributed by atoms with E-state index in [2.05, 4.69) is 5.32 Å². The van der Waals surface area contributed by atoms with Gasteiger partial charge in [-0.1, -0.05) is 35.3 Å². The van der Waals surface area contributed by atoms with Crippen molar-refractivity contribution >= 4 is 54.7 Å². The van der Waals surface area contributed by atoms with E-state index >= 15 is 0 Å². The van der Waals surface area contributed by atoms with Crippen molar-refractivity contribution in [3.8, 4) is 0 Å². The Bertz CT molecular complexity index is 1150. The molecule has 2 aromatic carbocycles. The highest BCUT2D eigenvalue weighted by Crippen LogP contribution is 2.29. The molecule has 0 aromatic heterocycles. The zero-order valence-electron chi connectivity index (χ0n) is 16.0. The lowest BCUT2D eigenvalue weighted by Gasteiger charge is -2.31. The lowest BCUT2D eigenvalue weighted by molar-refractivity contribution is -0.120. The molecule has 1 aliphatic rings. The van der Waals surface area contributed by atoms with Gasteiger partial charge in [-0.25, -0.2) is 16.8 Å². The zero-order chi connectivity index (χ0) is 22.1. The summed E-state index contributed by atoms with van der Waals surface area (Å²) in [5.41, 5.74) is 0.467. The Labute approximate surface area is 186 Å². The molecule has 2 aromatic rings. The van der Waals surface area contributed by atoms with Gasteiger partial charge >= 0.3 is 0 Å². The number of amides is 1.